The summed E-state index contributed by atoms with van der Waals surface area (Å²) in [6.45, 7) is 2.95. The first-order valence-electron chi connectivity index (χ1n) is 14.1. The second kappa shape index (κ2) is 12.1. The summed E-state index contributed by atoms with van der Waals surface area (Å²) in [7, 11) is 0. The molecule has 3 aliphatic rings. The van der Waals surface area contributed by atoms with Gasteiger partial charge in [-0.25, -0.2) is 9.18 Å². The Morgan fingerprint density at radius 2 is 1.74 bits per heavy atom. The topological polar surface area (TPSA) is 109 Å². The molecule has 0 aromatic heterocycles. The zero-order valence-corrected chi connectivity index (χ0v) is 23.9. The minimum atomic E-state index is -1.05. The Hall–Kier alpha value is -4.28. The molecular weight excluding hydrogens is 577 g/mol. The van der Waals surface area contributed by atoms with Crippen molar-refractivity contribution >= 4 is 40.7 Å². The smallest absolute Gasteiger partial charge is 0.335 e. The van der Waals surface area contributed by atoms with Gasteiger partial charge in [0.15, 0.2) is 11.6 Å². The molecule has 0 saturated carbocycles. The third-order valence-corrected chi connectivity index (χ3v) is 8.41. The number of nitrogens with zero attached hydrogens (tertiary/aromatic N) is 3. The van der Waals surface area contributed by atoms with Gasteiger partial charge in [0, 0.05) is 43.7 Å². The molecule has 11 heteroatoms. The fourth-order valence-corrected chi connectivity index (χ4v) is 6.15. The van der Waals surface area contributed by atoms with Crippen molar-refractivity contribution in [2.45, 2.75) is 31.4 Å². The van der Waals surface area contributed by atoms with Gasteiger partial charge in [-0.3, -0.25) is 9.59 Å². The van der Waals surface area contributed by atoms with E-state index in [2.05, 4.69) is 10.1 Å². The molecule has 6 rings (SSSR count). The van der Waals surface area contributed by atoms with Crippen molar-refractivity contribution in [3.8, 4) is 0 Å². The van der Waals surface area contributed by atoms with E-state index in [1.165, 1.54) is 29.2 Å². The normalized spacial score (nSPS) is 19.8. The highest BCUT2D eigenvalue weighted by molar-refractivity contribution is 6.31. The summed E-state index contributed by atoms with van der Waals surface area (Å²) >= 11 is 5.95. The summed E-state index contributed by atoms with van der Waals surface area (Å²) in [5.41, 5.74) is 3.98. The standard InChI is InChI=1S/C32H29ClFN3O6/c33-24-5-1-4-23(29(24)34)25-18-28(43-35-25)31(39)37-12-11-21-22(3-2-6-26(21)36-13-15-42-16-14-36)30(37)27(38)17-19-7-9-20(10-8-19)32(40)41/h1-10,28,30H,11-18H2,(H,40,41)/t28-,30+/m1/s1. The van der Waals surface area contributed by atoms with E-state index in [9.17, 15) is 23.9 Å². The van der Waals surface area contributed by atoms with Crippen LogP contribution in [0.15, 0.2) is 65.8 Å². The number of amides is 1. The molecule has 3 aromatic carbocycles. The number of anilines is 1. The molecular formula is C32H29ClFN3O6. The molecule has 1 amide bonds. The van der Waals surface area contributed by atoms with Gasteiger partial charge in [0.2, 0.25) is 6.10 Å². The molecule has 0 spiro atoms. The zero-order valence-electron chi connectivity index (χ0n) is 23.2. The van der Waals surface area contributed by atoms with Gasteiger partial charge >= 0.3 is 5.97 Å². The number of rotatable bonds is 7. The van der Waals surface area contributed by atoms with Crippen molar-refractivity contribution in [2.24, 2.45) is 5.16 Å². The lowest BCUT2D eigenvalue weighted by atomic mass is 9.86. The second-order valence-electron chi connectivity index (χ2n) is 10.7. The average Bonchev–Trinajstić information content (AvgIpc) is 3.52. The molecule has 9 nitrogen and oxygen atoms in total. The minimum Gasteiger partial charge on any atom is -0.478 e. The molecule has 43 heavy (non-hydrogen) atoms. The lowest BCUT2D eigenvalue weighted by molar-refractivity contribution is -0.149. The first-order valence-corrected chi connectivity index (χ1v) is 14.5. The second-order valence-corrected chi connectivity index (χ2v) is 11.1. The number of hydrogen-bond donors (Lipinski definition) is 1. The number of halogens is 2. The maximum Gasteiger partial charge on any atom is 0.335 e. The summed E-state index contributed by atoms with van der Waals surface area (Å²) < 4.78 is 20.2. The number of carboxylic acid groups (broad SMARTS) is 1. The first-order chi connectivity index (χ1) is 20.8. The van der Waals surface area contributed by atoms with E-state index in [4.69, 9.17) is 21.2 Å². The van der Waals surface area contributed by atoms with Crippen LogP contribution in [0.5, 0.6) is 0 Å². The van der Waals surface area contributed by atoms with Crippen molar-refractivity contribution < 1.29 is 33.5 Å². The Kier molecular flexibility index (Phi) is 8.14. The molecule has 1 fully saturated rings. The SMILES string of the molecule is O=C(O)c1ccc(CC(=O)[C@@H]2c3cccc(N4CCOCC4)c3CCN2C(=O)[C@H]2CC(c3cccc(Cl)c3F)=NO2)cc1. The van der Waals surface area contributed by atoms with Gasteiger partial charge in [0.05, 0.1) is 29.5 Å². The van der Waals surface area contributed by atoms with Crippen LogP contribution in [-0.2, 0) is 32.0 Å². The van der Waals surface area contributed by atoms with Gasteiger partial charge in [-0.05, 0) is 53.4 Å². The van der Waals surface area contributed by atoms with Crippen molar-refractivity contribution in [1.29, 1.82) is 0 Å². The van der Waals surface area contributed by atoms with Crippen LogP contribution >= 0.6 is 11.6 Å². The van der Waals surface area contributed by atoms with Gasteiger partial charge in [-0.1, -0.05) is 47.1 Å². The predicted molar refractivity (Wildman–Crippen MR) is 157 cm³/mol. The number of benzene rings is 3. The maximum absolute atomic E-state index is 14.7. The highest BCUT2D eigenvalue weighted by Crippen LogP contribution is 2.38. The van der Waals surface area contributed by atoms with E-state index >= 15 is 0 Å². The summed E-state index contributed by atoms with van der Waals surface area (Å²) in [4.78, 5) is 48.6. The van der Waals surface area contributed by atoms with E-state index in [-0.39, 0.29) is 47.0 Å². The largest absolute Gasteiger partial charge is 0.478 e. The van der Waals surface area contributed by atoms with Crippen LogP contribution in [0.3, 0.4) is 0 Å². The number of carbonyl (C=O) groups is 3. The number of fused-ring (bicyclic) bond motifs is 1. The van der Waals surface area contributed by atoms with Crippen molar-refractivity contribution in [3.05, 3.63) is 99.3 Å². The molecule has 3 aliphatic heterocycles. The number of morpholine rings is 1. The zero-order chi connectivity index (χ0) is 30.1. The molecule has 0 radical (unpaired) electrons. The van der Waals surface area contributed by atoms with Gasteiger partial charge in [0.25, 0.3) is 5.91 Å². The summed E-state index contributed by atoms with van der Waals surface area (Å²) in [6, 6.07) is 15.6. The van der Waals surface area contributed by atoms with Crippen LogP contribution in [0.25, 0.3) is 0 Å². The number of oxime groups is 1. The van der Waals surface area contributed by atoms with E-state index in [0.29, 0.717) is 25.2 Å². The van der Waals surface area contributed by atoms with Crippen LogP contribution in [0.4, 0.5) is 10.1 Å². The van der Waals surface area contributed by atoms with Crippen LogP contribution in [-0.4, -0.2) is 72.3 Å². The van der Waals surface area contributed by atoms with E-state index in [1.807, 2.05) is 18.2 Å². The average molecular weight is 606 g/mol. The lowest BCUT2D eigenvalue weighted by Crippen LogP contribution is -2.48. The van der Waals surface area contributed by atoms with Gasteiger partial charge < -0.3 is 24.5 Å². The molecule has 0 aliphatic carbocycles. The van der Waals surface area contributed by atoms with E-state index in [0.717, 1.165) is 29.9 Å². The lowest BCUT2D eigenvalue weighted by Gasteiger charge is -2.40. The van der Waals surface area contributed by atoms with Crippen LogP contribution in [0.2, 0.25) is 5.02 Å². The fourth-order valence-electron chi connectivity index (χ4n) is 5.98. The number of ketones is 1. The Morgan fingerprint density at radius 1 is 1.00 bits per heavy atom. The Labute approximate surface area is 252 Å². The summed E-state index contributed by atoms with van der Waals surface area (Å²) in [6.07, 6.45) is -0.460. The van der Waals surface area contributed by atoms with Crippen molar-refractivity contribution in [3.63, 3.8) is 0 Å². The number of aromatic carboxylic acids is 1. The van der Waals surface area contributed by atoms with E-state index < -0.39 is 29.8 Å². The monoisotopic (exact) mass is 605 g/mol. The molecule has 222 valence electrons. The third kappa shape index (κ3) is 5.72. The van der Waals surface area contributed by atoms with Crippen LogP contribution in [0, 0.1) is 5.82 Å². The summed E-state index contributed by atoms with van der Waals surface area (Å²) in [5, 5.41) is 13.2. The third-order valence-electron chi connectivity index (χ3n) is 8.12. The number of hydrogen-bond acceptors (Lipinski definition) is 7. The number of ether oxygens (including phenoxy) is 1. The molecule has 2 atom stereocenters. The van der Waals surface area contributed by atoms with Gasteiger partial charge in [-0.2, -0.15) is 0 Å². The molecule has 0 bridgehead atoms. The Balaban J connectivity index is 1.30. The number of carboxylic acids is 1. The van der Waals surface area contributed by atoms with Crippen LogP contribution in [0.1, 0.15) is 45.1 Å². The fraction of sp³-hybridized carbons (Fsp3) is 0.312. The molecule has 1 N–H and O–H groups in total. The van der Waals surface area contributed by atoms with Crippen molar-refractivity contribution in [1.82, 2.24) is 4.90 Å². The number of carbonyl (C=O) groups excluding carboxylic acids is 2. The molecule has 1 saturated heterocycles. The van der Waals surface area contributed by atoms with Gasteiger partial charge in [-0.15, -0.1) is 0 Å². The first kappa shape index (κ1) is 28.8. The predicted octanol–water partition coefficient (Wildman–Crippen LogP) is 4.44. The Bertz CT molecular complexity index is 1610. The maximum atomic E-state index is 14.7. The summed E-state index contributed by atoms with van der Waals surface area (Å²) in [5.74, 6) is -2.31. The quantitative estimate of drug-likeness (QED) is 0.424. The highest BCUT2D eigenvalue weighted by Gasteiger charge is 2.42. The van der Waals surface area contributed by atoms with Gasteiger partial charge in [0.1, 0.15) is 6.04 Å². The molecule has 3 aromatic rings. The minimum absolute atomic E-state index is 0.00341. The van der Waals surface area contributed by atoms with Crippen LogP contribution < -0.4 is 4.90 Å². The number of Topliss-reactive ketones (excluding diaryl/α,β-unsaturated/α-hetero) is 1. The molecule has 0 unspecified atom stereocenters. The van der Waals surface area contributed by atoms with Crippen molar-refractivity contribution in [2.75, 3.05) is 37.7 Å². The Morgan fingerprint density at radius 3 is 2.49 bits per heavy atom. The molecule has 3 heterocycles. The van der Waals surface area contributed by atoms with E-state index in [1.54, 1.807) is 18.2 Å². The highest BCUT2D eigenvalue weighted by atomic mass is 35.5.